The van der Waals surface area contributed by atoms with Crippen molar-refractivity contribution in [3.05, 3.63) is 75.4 Å². The van der Waals surface area contributed by atoms with E-state index in [0.29, 0.717) is 10.7 Å². The standard InChI is InChI=1S/C21H15ClF3NO3/c1-11-6-7-12(8-16(11)22)26-17-10-29-20(28)19(17)14(9-18(26)27)13-4-2-3-5-15(13)21(23,24)25/h2-8,14H,9-10H2,1H3. The summed E-state index contributed by atoms with van der Waals surface area (Å²) in [6, 6.07) is 9.99. The van der Waals surface area contributed by atoms with Crippen LogP contribution in [0.4, 0.5) is 18.9 Å². The topological polar surface area (TPSA) is 46.6 Å². The normalized spacial score (nSPS) is 19.5. The highest BCUT2D eigenvalue weighted by Crippen LogP contribution is 2.45. The lowest BCUT2D eigenvalue weighted by Gasteiger charge is -2.33. The van der Waals surface area contributed by atoms with Gasteiger partial charge in [-0.2, -0.15) is 13.2 Å². The molecule has 29 heavy (non-hydrogen) atoms. The Kier molecular flexibility index (Phi) is 4.65. The fourth-order valence-electron chi connectivity index (χ4n) is 3.80. The number of halogens is 4. The summed E-state index contributed by atoms with van der Waals surface area (Å²) >= 11 is 6.17. The number of anilines is 1. The molecule has 0 radical (unpaired) electrons. The summed E-state index contributed by atoms with van der Waals surface area (Å²) in [6.07, 6.45) is -4.89. The maximum atomic E-state index is 13.5. The zero-order chi connectivity index (χ0) is 20.9. The van der Waals surface area contributed by atoms with Crippen molar-refractivity contribution in [2.75, 3.05) is 11.5 Å². The molecular formula is C21H15ClF3NO3. The molecular weight excluding hydrogens is 407 g/mol. The summed E-state index contributed by atoms with van der Waals surface area (Å²) in [6.45, 7) is 1.62. The minimum absolute atomic E-state index is 0.0815. The predicted octanol–water partition coefficient (Wildman–Crippen LogP) is 5.00. The minimum Gasteiger partial charge on any atom is -0.456 e. The van der Waals surface area contributed by atoms with E-state index in [1.54, 1.807) is 25.1 Å². The summed E-state index contributed by atoms with van der Waals surface area (Å²) in [7, 11) is 0. The van der Waals surface area contributed by atoms with E-state index in [9.17, 15) is 22.8 Å². The summed E-state index contributed by atoms with van der Waals surface area (Å²) in [4.78, 5) is 26.7. The number of rotatable bonds is 2. The third kappa shape index (κ3) is 3.29. The number of nitrogens with zero attached hydrogens (tertiary/aromatic N) is 1. The van der Waals surface area contributed by atoms with Gasteiger partial charge in [0.1, 0.15) is 6.61 Å². The Hall–Kier alpha value is -2.80. The number of ether oxygens (including phenoxy) is 1. The molecule has 0 saturated carbocycles. The average molecular weight is 422 g/mol. The Labute approximate surface area is 169 Å². The first-order valence-corrected chi connectivity index (χ1v) is 9.21. The number of hydrogen-bond acceptors (Lipinski definition) is 3. The number of amides is 1. The smallest absolute Gasteiger partial charge is 0.416 e. The van der Waals surface area contributed by atoms with Crippen LogP contribution in [0.2, 0.25) is 5.02 Å². The second-order valence-corrected chi connectivity index (χ2v) is 7.35. The molecule has 0 aromatic heterocycles. The van der Waals surface area contributed by atoms with Gasteiger partial charge in [-0.1, -0.05) is 35.9 Å². The number of esters is 1. The lowest BCUT2D eigenvalue weighted by atomic mass is 9.82. The van der Waals surface area contributed by atoms with Gasteiger partial charge in [0.2, 0.25) is 5.91 Å². The molecule has 1 unspecified atom stereocenters. The van der Waals surface area contributed by atoms with Crippen molar-refractivity contribution in [1.82, 2.24) is 0 Å². The largest absolute Gasteiger partial charge is 0.456 e. The molecule has 0 aliphatic carbocycles. The number of hydrogen-bond donors (Lipinski definition) is 0. The van der Waals surface area contributed by atoms with Crippen LogP contribution in [0.3, 0.4) is 0 Å². The molecule has 4 nitrogen and oxygen atoms in total. The molecule has 2 aliphatic heterocycles. The molecule has 0 spiro atoms. The van der Waals surface area contributed by atoms with Crippen LogP contribution in [0, 0.1) is 6.92 Å². The number of carbonyl (C=O) groups excluding carboxylic acids is 2. The van der Waals surface area contributed by atoms with Gasteiger partial charge >= 0.3 is 12.1 Å². The van der Waals surface area contributed by atoms with Gasteiger partial charge in [0.05, 0.1) is 22.5 Å². The van der Waals surface area contributed by atoms with Crippen LogP contribution in [-0.2, 0) is 20.5 Å². The van der Waals surface area contributed by atoms with E-state index in [-0.39, 0.29) is 29.9 Å². The number of benzene rings is 2. The first-order chi connectivity index (χ1) is 13.7. The Morgan fingerprint density at radius 2 is 1.86 bits per heavy atom. The second-order valence-electron chi connectivity index (χ2n) is 6.94. The van der Waals surface area contributed by atoms with Crippen LogP contribution in [-0.4, -0.2) is 18.5 Å². The molecule has 2 heterocycles. The molecule has 0 N–H and O–H groups in total. The van der Waals surface area contributed by atoms with Crippen LogP contribution >= 0.6 is 11.6 Å². The van der Waals surface area contributed by atoms with Crippen LogP contribution < -0.4 is 4.90 Å². The fraction of sp³-hybridized carbons (Fsp3) is 0.238. The highest BCUT2D eigenvalue weighted by molar-refractivity contribution is 6.31. The van der Waals surface area contributed by atoms with E-state index in [4.69, 9.17) is 16.3 Å². The third-order valence-electron chi connectivity index (χ3n) is 5.17. The molecule has 0 saturated heterocycles. The zero-order valence-electron chi connectivity index (χ0n) is 15.2. The van der Waals surface area contributed by atoms with Crippen molar-refractivity contribution in [2.24, 2.45) is 0 Å². The summed E-state index contributed by atoms with van der Waals surface area (Å²) < 4.78 is 45.7. The number of cyclic esters (lactones) is 1. The number of aryl methyl sites for hydroxylation is 1. The first-order valence-electron chi connectivity index (χ1n) is 8.84. The summed E-state index contributed by atoms with van der Waals surface area (Å²) in [5.41, 5.74) is 0.618. The highest BCUT2D eigenvalue weighted by atomic mass is 35.5. The monoisotopic (exact) mass is 421 g/mol. The van der Waals surface area contributed by atoms with Gasteiger partial charge in [-0.3, -0.25) is 9.69 Å². The molecule has 0 bridgehead atoms. The lowest BCUT2D eigenvalue weighted by Crippen LogP contribution is -2.38. The Balaban J connectivity index is 1.87. The Morgan fingerprint density at radius 1 is 1.14 bits per heavy atom. The summed E-state index contributed by atoms with van der Waals surface area (Å²) in [5, 5.41) is 0.437. The molecule has 1 amide bonds. The average Bonchev–Trinajstić information content (AvgIpc) is 3.04. The molecule has 2 aliphatic rings. The van der Waals surface area contributed by atoms with E-state index in [1.165, 1.54) is 23.1 Å². The van der Waals surface area contributed by atoms with Crippen molar-refractivity contribution < 1.29 is 27.5 Å². The fourth-order valence-corrected chi connectivity index (χ4v) is 3.97. The first kappa shape index (κ1) is 19.5. The van der Waals surface area contributed by atoms with Gasteiger partial charge in [0.15, 0.2) is 0 Å². The third-order valence-corrected chi connectivity index (χ3v) is 5.58. The second kappa shape index (κ2) is 6.91. The van der Waals surface area contributed by atoms with Crippen molar-refractivity contribution in [3.8, 4) is 0 Å². The highest BCUT2D eigenvalue weighted by Gasteiger charge is 2.45. The number of alkyl halides is 3. The molecule has 4 rings (SSSR count). The van der Waals surface area contributed by atoms with E-state index in [2.05, 4.69) is 0 Å². The Morgan fingerprint density at radius 3 is 2.55 bits per heavy atom. The van der Waals surface area contributed by atoms with Crippen molar-refractivity contribution >= 4 is 29.2 Å². The van der Waals surface area contributed by atoms with Crippen molar-refractivity contribution in [1.29, 1.82) is 0 Å². The maximum absolute atomic E-state index is 13.5. The molecule has 1 atom stereocenters. The quantitative estimate of drug-likeness (QED) is 0.641. The summed E-state index contributed by atoms with van der Waals surface area (Å²) in [5.74, 6) is -2.16. The van der Waals surface area contributed by atoms with E-state index >= 15 is 0 Å². The van der Waals surface area contributed by atoms with Gasteiger partial charge in [0, 0.05) is 17.4 Å². The van der Waals surface area contributed by atoms with Gasteiger partial charge in [-0.15, -0.1) is 0 Å². The molecule has 0 fully saturated rings. The van der Waals surface area contributed by atoms with Crippen LogP contribution in [0.5, 0.6) is 0 Å². The number of carbonyl (C=O) groups is 2. The van der Waals surface area contributed by atoms with Gasteiger partial charge in [-0.25, -0.2) is 4.79 Å². The SMILES string of the molecule is Cc1ccc(N2C(=O)CC(c3ccccc3C(F)(F)F)C3=C2COC3=O)cc1Cl. The molecule has 2 aromatic carbocycles. The Bertz CT molecular complexity index is 1060. The molecule has 150 valence electrons. The van der Waals surface area contributed by atoms with Crippen LogP contribution in [0.15, 0.2) is 53.7 Å². The molecule has 8 heteroatoms. The van der Waals surface area contributed by atoms with Crippen molar-refractivity contribution in [3.63, 3.8) is 0 Å². The van der Waals surface area contributed by atoms with Crippen LogP contribution in [0.1, 0.15) is 29.0 Å². The van der Waals surface area contributed by atoms with Crippen molar-refractivity contribution in [2.45, 2.75) is 25.4 Å². The van der Waals surface area contributed by atoms with Gasteiger partial charge in [-0.05, 0) is 36.2 Å². The van der Waals surface area contributed by atoms with Gasteiger partial charge in [0.25, 0.3) is 0 Å². The lowest BCUT2D eigenvalue weighted by molar-refractivity contribution is -0.139. The zero-order valence-corrected chi connectivity index (χ0v) is 16.0. The van der Waals surface area contributed by atoms with E-state index in [1.807, 2.05) is 0 Å². The predicted molar refractivity (Wildman–Crippen MR) is 100 cm³/mol. The van der Waals surface area contributed by atoms with Crippen LogP contribution in [0.25, 0.3) is 0 Å². The minimum atomic E-state index is -4.61. The van der Waals surface area contributed by atoms with E-state index in [0.717, 1.165) is 11.6 Å². The van der Waals surface area contributed by atoms with Gasteiger partial charge < -0.3 is 4.74 Å². The van der Waals surface area contributed by atoms with E-state index < -0.39 is 29.5 Å². The maximum Gasteiger partial charge on any atom is 0.416 e. The molecule has 2 aromatic rings.